The predicted molar refractivity (Wildman–Crippen MR) is 81.2 cm³/mol. The smallest absolute Gasteiger partial charge is 0.0237 e. The van der Waals surface area contributed by atoms with Crippen molar-refractivity contribution in [2.24, 2.45) is 5.73 Å². The molecule has 0 spiro atoms. The molecule has 0 radical (unpaired) electrons. The lowest BCUT2D eigenvalue weighted by Gasteiger charge is -2.35. The van der Waals surface area contributed by atoms with Gasteiger partial charge in [-0.2, -0.15) is 0 Å². The van der Waals surface area contributed by atoms with Crippen molar-refractivity contribution in [1.82, 2.24) is 9.80 Å². The first kappa shape index (κ1) is 14.5. The molecule has 3 heteroatoms. The van der Waals surface area contributed by atoms with Crippen molar-refractivity contribution in [1.29, 1.82) is 0 Å². The number of aryl methyl sites for hydroxylation is 1. The molecule has 0 aliphatic carbocycles. The van der Waals surface area contributed by atoms with Crippen LogP contribution in [0.3, 0.4) is 0 Å². The normalized spacial score (nSPS) is 17.8. The van der Waals surface area contributed by atoms with Gasteiger partial charge in [0.2, 0.25) is 0 Å². The fourth-order valence-electron chi connectivity index (χ4n) is 2.68. The van der Waals surface area contributed by atoms with Gasteiger partial charge >= 0.3 is 0 Å². The van der Waals surface area contributed by atoms with Gasteiger partial charge in [0, 0.05) is 32.7 Å². The Morgan fingerprint density at radius 2 is 1.68 bits per heavy atom. The Labute approximate surface area is 117 Å². The second-order valence-corrected chi connectivity index (χ2v) is 5.54. The van der Waals surface area contributed by atoms with E-state index in [-0.39, 0.29) is 0 Å². The summed E-state index contributed by atoms with van der Waals surface area (Å²) in [7, 11) is 0. The Hall–Kier alpha value is -0.900. The molecule has 106 valence electrons. The van der Waals surface area contributed by atoms with E-state index in [1.54, 1.807) is 0 Å². The van der Waals surface area contributed by atoms with E-state index in [0.717, 1.165) is 19.5 Å². The lowest BCUT2D eigenvalue weighted by Crippen LogP contribution is -2.46. The minimum atomic E-state index is 0.827. The first-order valence-electron chi connectivity index (χ1n) is 7.49. The molecule has 2 N–H and O–H groups in total. The van der Waals surface area contributed by atoms with Crippen molar-refractivity contribution in [2.45, 2.75) is 26.3 Å². The standard InChI is InChI=1S/C16H27N3/c1-15-6-2-3-7-16(15)14-19-12-10-18(11-13-19)9-5-4-8-17/h2-3,6-7H,4-5,8-14,17H2,1H3. The summed E-state index contributed by atoms with van der Waals surface area (Å²) in [6.07, 6.45) is 2.40. The van der Waals surface area contributed by atoms with Crippen LogP contribution in [-0.4, -0.2) is 49.1 Å². The zero-order valence-corrected chi connectivity index (χ0v) is 12.1. The zero-order valence-electron chi connectivity index (χ0n) is 12.1. The van der Waals surface area contributed by atoms with Crippen LogP contribution in [0.15, 0.2) is 24.3 Å². The van der Waals surface area contributed by atoms with Gasteiger partial charge in [0.05, 0.1) is 0 Å². The number of nitrogens with zero attached hydrogens (tertiary/aromatic N) is 2. The topological polar surface area (TPSA) is 32.5 Å². The molecule has 1 saturated heterocycles. The van der Waals surface area contributed by atoms with Crippen molar-refractivity contribution in [2.75, 3.05) is 39.3 Å². The van der Waals surface area contributed by atoms with Gasteiger partial charge < -0.3 is 10.6 Å². The first-order valence-corrected chi connectivity index (χ1v) is 7.49. The maximum atomic E-state index is 5.54. The van der Waals surface area contributed by atoms with Crippen LogP contribution in [0.25, 0.3) is 0 Å². The molecule has 0 amide bonds. The average Bonchev–Trinajstić information content (AvgIpc) is 2.44. The Kier molecular flexibility index (Phi) is 5.83. The summed E-state index contributed by atoms with van der Waals surface area (Å²) in [6.45, 7) is 10.1. The van der Waals surface area contributed by atoms with Gasteiger partial charge in [0.1, 0.15) is 0 Å². The van der Waals surface area contributed by atoms with Gasteiger partial charge in [0.15, 0.2) is 0 Å². The van der Waals surface area contributed by atoms with Gasteiger partial charge in [-0.05, 0) is 44.0 Å². The Bertz CT molecular complexity index is 370. The van der Waals surface area contributed by atoms with E-state index in [1.807, 2.05) is 0 Å². The lowest BCUT2D eigenvalue weighted by molar-refractivity contribution is 0.125. The van der Waals surface area contributed by atoms with Crippen molar-refractivity contribution in [3.63, 3.8) is 0 Å². The summed E-state index contributed by atoms with van der Waals surface area (Å²) in [4.78, 5) is 5.14. The molecule has 0 atom stereocenters. The number of rotatable bonds is 6. The van der Waals surface area contributed by atoms with Crippen LogP contribution in [0, 0.1) is 6.92 Å². The molecule has 1 aliphatic heterocycles. The van der Waals surface area contributed by atoms with Gasteiger partial charge in [-0.1, -0.05) is 24.3 Å². The molecule has 0 aromatic heterocycles. The molecule has 1 aromatic carbocycles. The maximum Gasteiger partial charge on any atom is 0.0237 e. The molecule has 1 heterocycles. The van der Waals surface area contributed by atoms with Gasteiger partial charge in [-0.3, -0.25) is 4.90 Å². The van der Waals surface area contributed by atoms with Crippen LogP contribution in [-0.2, 0) is 6.54 Å². The largest absolute Gasteiger partial charge is 0.330 e. The highest BCUT2D eigenvalue weighted by molar-refractivity contribution is 5.25. The van der Waals surface area contributed by atoms with Crippen LogP contribution in [0.1, 0.15) is 24.0 Å². The van der Waals surface area contributed by atoms with Crippen LogP contribution < -0.4 is 5.73 Å². The molecule has 1 fully saturated rings. The summed E-state index contributed by atoms with van der Waals surface area (Å²) in [5.74, 6) is 0. The van der Waals surface area contributed by atoms with E-state index < -0.39 is 0 Å². The van der Waals surface area contributed by atoms with E-state index in [0.29, 0.717) is 0 Å². The molecule has 0 bridgehead atoms. The number of hydrogen-bond donors (Lipinski definition) is 1. The average molecular weight is 261 g/mol. The van der Waals surface area contributed by atoms with Crippen molar-refractivity contribution in [3.05, 3.63) is 35.4 Å². The summed E-state index contributed by atoms with van der Waals surface area (Å²) >= 11 is 0. The van der Waals surface area contributed by atoms with Crippen LogP contribution >= 0.6 is 0 Å². The number of unbranched alkanes of at least 4 members (excludes halogenated alkanes) is 1. The summed E-state index contributed by atoms with van der Waals surface area (Å²) in [5, 5.41) is 0. The van der Waals surface area contributed by atoms with Crippen molar-refractivity contribution in [3.8, 4) is 0 Å². The first-order chi connectivity index (χ1) is 9.29. The van der Waals surface area contributed by atoms with Gasteiger partial charge in [0.25, 0.3) is 0 Å². The molecular formula is C16H27N3. The van der Waals surface area contributed by atoms with E-state index in [2.05, 4.69) is 41.0 Å². The molecule has 3 nitrogen and oxygen atoms in total. The minimum Gasteiger partial charge on any atom is -0.330 e. The fourth-order valence-corrected chi connectivity index (χ4v) is 2.68. The van der Waals surface area contributed by atoms with E-state index in [9.17, 15) is 0 Å². The molecule has 1 aliphatic rings. The summed E-state index contributed by atoms with van der Waals surface area (Å²) in [6, 6.07) is 8.72. The Morgan fingerprint density at radius 1 is 1.00 bits per heavy atom. The zero-order chi connectivity index (χ0) is 13.5. The van der Waals surface area contributed by atoms with Crippen LogP contribution in [0.4, 0.5) is 0 Å². The summed E-state index contributed by atoms with van der Waals surface area (Å²) < 4.78 is 0. The number of nitrogens with two attached hydrogens (primary N) is 1. The molecule has 0 unspecified atom stereocenters. The second kappa shape index (κ2) is 7.63. The quantitative estimate of drug-likeness (QED) is 0.793. The number of piperazine rings is 1. The molecule has 0 saturated carbocycles. The third-order valence-corrected chi connectivity index (χ3v) is 4.05. The van der Waals surface area contributed by atoms with Crippen LogP contribution in [0.5, 0.6) is 0 Å². The predicted octanol–water partition coefficient (Wildman–Crippen LogP) is 1.85. The summed E-state index contributed by atoms with van der Waals surface area (Å²) in [5.41, 5.74) is 8.42. The highest BCUT2D eigenvalue weighted by atomic mass is 15.3. The third-order valence-electron chi connectivity index (χ3n) is 4.05. The van der Waals surface area contributed by atoms with Gasteiger partial charge in [-0.25, -0.2) is 0 Å². The van der Waals surface area contributed by atoms with E-state index >= 15 is 0 Å². The SMILES string of the molecule is Cc1ccccc1CN1CCN(CCCCN)CC1. The molecule has 19 heavy (non-hydrogen) atoms. The third kappa shape index (κ3) is 4.60. The molecule has 2 rings (SSSR count). The Balaban J connectivity index is 1.73. The van der Waals surface area contributed by atoms with E-state index in [4.69, 9.17) is 5.73 Å². The van der Waals surface area contributed by atoms with Crippen LogP contribution in [0.2, 0.25) is 0 Å². The van der Waals surface area contributed by atoms with E-state index in [1.165, 1.54) is 50.3 Å². The fraction of sp³-hybridized carbons (Fsp3) is 0.625. The number of hydrogen-bond acceptors (Lipinski definition) is 3. The molecular weight excluding hydrogens is 234 g/mol. The lowest BCUT2D eigenvalue weighted by atomic mass is 10.1. The monoisotopic (exact) mass is 261 g/mol. The minimum absolute atomic E-state index is 0.827. The highest BCUT2D eigenvalue weighted by Gasteiger charge is 2.16. The van der Waals surface area contributed by atoms with Crippen molar-refractivity contribution >= 4 is 0 Å². The second-order valence-electron chi connectivity index (χ2n) is 5.54. The highest BCUT2D eigenvalue weighted by Crippen LogP contribution is 2.12. The maximum absolute atomic E-state index is 5.54. The van der Waals surface area contributed by atoms with Gasteiger partial charge in [-0.15, -0.1) is 0 Å². The number of benzene rings is 1. The molecule has 1 aromatic rings. The Morgan fingerprint density at radius 3 is 2.37 bits per heavy atom. The van der Waals surface area contributed by atoms with Crippen molar-refractivity contribution < 1.29 is 0 Å².